The fourth-order valence-corrected chi connectivity index (χ4v) is 2.99. The minimum Gasteiger partial charge on any atom is -0.465 e. The standard InChI is InChI=1S/C22H33N3O4/c1-16(25(21(28)29)22(2,3)4)20(27)23-18(14-15-19(26)24(5)6)13-12-17-10-8-7-9-11-17/h7-11,14-16,18H,12-13H2,1-6H3,(H,23,27)(H,28,29)/t16-,18-/m0/s1. The maximum Gasteiger partial charge on any atom is 0.408 e. The number of amides is 3. The first kappa shape index (κ1) is 24.2. The van der Waals surface area contributed by atoms with Gasteiger partial charge >= 0.3 is 6.09 Å². The molecule has 3 amide bonds. The zero-order valence-electron chi connectivity index (χ0n) is 18.2. The van der Waals surface area contributed by atoms with E-state index in [9.17, 15) is 19.5 Å². The van der Waals surface area contributed by atoms with Gasteiger partial charge in [0, 0.05) is 31.8 Å². The van der Waals surface area contributed by atoms with Gasteiger partial charge in [-0.25, -0.2) is 4.79 Å². The topological polar surface area (TPSA) is 90.0 Å². The minimum atomic E-state index is -1.15. The van der Waals surface area contributed by atoms with Gasteiger partial charge in [-0.05, 0) is 46.1 Å². The van der Waals surface area contributed by atoms with E-state index in [-0.39, 0.29) is 5.91 Å². The summed E-state index contributed by atoms with van der Waals surface area (Å²) < 4.78 is 0. The summed E-state index contributed by atoms with van der Waals surface area (Å²) in [7, 11) is 3.31. The smallest absolute Gasteiger partial charge is 0.408 e. The van der Waals surface area contributed by atoms with Crippen molar-refractivity contribution in [1.29, 1.82) is 0 Å². The Balaban J connectivity index is 2.94. The molecule has 0 aliphatic heterocycles. The van der Waals surface area contributed by atoms with E-state index in [4.69, 9.17) is 0 Å². The van der Waals surface area contributed by atoms with E-state index in [0.717, 1.165) is 10.5 Å². The first-order valence-electron chi connectivity index (χ1n) is 9.69. The number of nitrogens with one attached hydrogen (secondary N) is 1. The number of carbonyl (C=O) groups excluding carboxylic acids is 2. The number of carbonyl (C=O) groups is 3. The Morgan fingerprint density at radius 2 is 1.72 bits per heavy atom. The normalized spacial score (nSPS) is 13.6. The molecule has 0 aliphatic rings. The number of nitrogens with zero attached hydrogens (tertiary/aromatic N) is 2. The van der Waals surface area contributed by atoms with Gasteiger partial charge in [0.1, 0.15) is 6.04 Å². The Bertz CT molecular complexity index is 723. The number of rotatable bonds is 8. The van der Waals surface area contributed by atoms with Gasteiger partial charge in [-0.15, -0.1) is 0 Å². The number of carboxylic acid groups (broad SMARTS) is 1. The summed E-state index contributed by atoms with van der Waals surface area (Å²) in [6, 6.07) is 8.57. The number of benzene rings is 1. The fourth-order valence-electron chi connectivity index (χ4n) is 2.99. The van der Waals surface area contributed by atoms with Crippen molar-refractivity contribution in [1.82, 2.24) is 15.1 Å². The lowest BCUT2D eigenvalue weighted by atomic mass is 10.0. The number of hydrogen-bond acceptors (Lipinski definition) is 3. The van der Waals surface area contributed by atoms with Crippen molar-refractivity contribution in [2.24, 2.45) is 0 Å². The molecule has 0 unspecified atom stereocenters. The van der Waals surface area contributed by atoms with E-state index in [2.05, 4.69) is 5.32 Å². The van der Waals surface area contributed by atoms with Crippen LogP contribution in [0.2, 0.25) is 0 Å². The van der Waals surface area contributed by atoms with Crippen LogP contribution in [0.5, 0.6) is 0 Å². The summed E-state index contributed by atoms with van der Waals surface area (Å²) in [5.41, 5.74) is 0.396. The zero-order valence-corrected chi connectivity index (χ0v) is 18.2. The maximum atomic E-state index is 12.8. The van der Waals surface area contributed by atoms with Crippen molar-refractivity contribution < 1.29 is 19.5 Å². The van der Waals surface area contributed by atoms with Crippen LogP contribution in [0.25, 0.3) is 0 Å². The van der Waals surface area contributed by atoms with Crippen LogP contribution >= 0.6 is 0 Å². The van der Waals surface area contributed by atoms with Crippen molar-refractivity contribution in [3.8, 4) is 0 Å². The molecule has 7 heteroatoms. The molecule has 0 radical (unpaired) electrons. The molecule has 2 atom stereocenters. The van der Waals surface area contributed by atoms with E-state index in [1.807, 2.05) is 30.3 Å². The summed E-state index contributed by atoms with van der Waals surface area (Å²) in [5, 5.41) is 12.4. The van der Waals surface area contributed by atoms with Gasteiger partial charge in [0.25, 0.3) is 0 Å². The molecule has 29 heavy (non-hydrogen) atoms. The highest BCUT2D eigenvalue weighted by Gasteiger charge is 2.35. The van der Waals surface area contributed by atoms with Crippen LogP contribution in [-0.2, 0) is 16.0 Å². The molecule has 1 rings (SSSR count). The monoisotopic (exact) mass is 403 g/mol. The van der Waals surface area contributed by atoms with Crippen LogP contribution in [0.15, 0.2) is 42.5 Å². The van der Waals surface area contributed by atoms with Gasteiger partial charge in [-0.2, -0.15) is 0 Å². The Kier molecular flexibility index (Phi) is 8.88. The number of hydrogen-bond donors (Lipinski definition) is 2. The maximum absolute atomic E-state index is 12.8. The molecule has 0 saturated heterocycles. The number of likely N-dealkylation sites (N-methyl/N-ethyl adjacent to an activating group) is 1. The van der Waals surface area contributed by atoms with Gasteiger partial charge in [0.15, 0.2) is 0 Å². The fraction of sp³-hybridized carbons (Fsp3) is 0.500. The van der Waals surface area contributed by atoms with Gasteiger partial charge in [0.05, 0.1) is 0 Å². The summed E-state index contributed by atoms with van der Waals surface area (Å²) in [4.78, 5) is 38.9. The summed E-state index contributed by atoms with van der Waals surface area (Å²) in [6.45, 7) is 6.80. The van der Waals surface area contributed by atoms with Gasteiger partial charge in [0.2, 0.25) is 11.8 Å². The Morgan fingerprint density at radius 3 is 2.21 bits per heavy atom. The highest BCUT2D eigenvalue weighted by molar-refractivity contribution is 5.88. The predicted octanol–water partition coefficient (Wildman–Crippen LogP) is 2.92. The van der Waals surface area contributed by atoms with E-state index in [1.54, 1.807) is 47.9 Å². The van der Waals surface area contributed by atoms with E-state index in [1.165, 1.54) is 11.0 Å². The van der Waals surface area contributed by atoms with Crippen LogP contribution in [0.3, 0.4) is 0 Å². The SMILES string of the molecule is C[C@@H](C(=O)N[C@H](C=CC(=O)N(C)C)CCc1ccccc1)N(C(=O)O)C(C)(C)C. The van der Waals surface area contributed by atoms with Crippen molar-refractivity contribution in [2.45, 2.75) is 58.2 Å². The van der Waals surface area contributed by atoms with Crippen molar-refractivity contribution in [3.05, 3.63) is 48.0 Å². The van der Waals surface area contributed by atoms with Crippen molar-refractivity contribution in [3.63, 3.8) is 0 Å². The van der Waals surface area contributed by atoms with Crippen LogP contribution in [0.4, 0.5) is 4.79 Å². The molecule has 0 spiro atoms. The molecule has 7 nitrogen and oxygen atoms in total. The second-order valence-corrected chi connectivity index (χ2v) is 8.23. The Morgan fingerprint density at radius 1 is 1.14 bits per heavy atom. The lowest BCUT2D eigenvalue weighted by Crippen LogP contribution is -2.56. The van der Waals surface area contributed by atoms with Gasteiger partial charge in [-0.1, -0.05) is 36.4 Å². The van der Waals surface area contributed by atoms with E-state index in [0.29, 0.717) is 12.8 Å². The average Bonchev–Trinajstić information content (AvgIpc) is 2.62. The predicted molar refractivity (Wildman–Crippen MR) is 114 cm³/mol. The first-order valence-corrected chi connectivity index (χ1v) is 9.69. The van der Waals surface area contributed by atoms with Crippen LogP contribution < -0.4 is 5.32 Å². The third kappa shape index (κ3) is 7.97. The van der Waals surface area contributed by atoms with Gasteiger partial charge in [-0.3, -0.25) is 14.5 Å². The molecular weight excluding hydrogens is 370 g/mol. The van der Waals surface area contributed by atoms with Crippen molar-refractivity contribution >= 4 is 17.9 Å². The van der Waals surface area contributed by atoms with Crippen LogP contribution in [-0.4, -0.2) is 64.5 Å². The molecule has 0 fully saturated rings. The van der Waals surface area contributed by atoms with Crippen LogP contribution in [0, 0.1) is 0 Å². The molecular formula is C22H33N3O4. The van der Waals surface area contributed by atoms with Gasteiger partial charge < -0.3 is 15.3 Å². The van der Waals surface area contributed by atoms with E-state index < -0.39 is 29.6 Å². The second kappa shape index (κ2) is 10.6. The zero-order chi connectivity index (χ0) is 22.2. The van der Waals surface area contributed by atoms with Crippen molar-refractivity contribution in [2.75, 3.05) is 14.1 Å². The molecule has 0 aromatic heterocycles. The summed E-state index contributed by atoms with van der Waals surface area (Å²) in [6.07, 6.45) is 3.24. The summed E-state index contributed by atoms with van der Waals surface area (Å²) >= 11 is 0. The molecule has 2 N–H and O–H groups in total. The molecule has 0 saturated carbocycles. The average molecular weight is 404 g/mol. The highest BCUT2D eigenvalue weighted by Crippen LogP contribution is 2.18. The minimum absolute atomic E-state index is 0.182. The molecule has 160 valence electrons. The quantitative estimate of drug-likeness (QED) is 0.653. The number of aryl methyl sites for hydroxylation is 1. The lowest BCUT2D eigenvalue weighted by Gasteiger charge is -2.37. The summed E-state index contributed by atoms with van der Waals surface area (Å²) in [5.74, 6) is -0.582. The third-order valence-electron chi connectivity index (χ3n) is 4.52. The first-order chi connectivity index (χ1) is 13.4. The Labute approximate surface area is 173 Å². The van der Waals surface area contributed by atoms with E-state index >= 15 is 0 Å². The largest absolute Gasteiger partial charge is 0.465 e. The molecule has 1 aromatic rings. The molecule has 0 heterocycles. The lowest BCUT2D eigenvalue weighted by molar-refractivity contribution is -0.127. The molecule has 0 bridgehead atoms. The third-order valence-corrected chi connectivity index (χ3v) is 4.52. The highest BCUT2D eigenvalue weighted by atomic mass is 16.4. The molecule has 1 aromatic carbocycles. The second-order valence-electron chi connectivity index (χ2n) is 8.23. The molecule has 0 aliphatic carbocycles. The van der Waals surface area contributed by atoms with Crippen LogP contribution in [0.1, 0.15) is 39.7 Å². The Hall–Kier alpha value is -2.83.